The summed E-state index contributed by atoms with van der Waals surface area (Å²) in [6.45, 7) is 3.92. The quantitative estimate of drug-likeness (QED) is 0.852. The molecule has 0 aromatic heterocycles. The lowest BCUT2D eigenvalue weighted by Crippen LogP contribution is -2.16. The van der Waals surface area contributed by atoms with Gasteiger partial charge in [-0.3, -0.25) is 0 Å². The number of benzene rings is 2. The van der Waals surface area contributed by atoms with E-state index < -0.39 is 0 Å². The second kappa shape index (κ2) is 6.42. The molecule has 1 unspecified atom stereocenters. The van der Waals surface area contributed by atoms with Gasteiger partial charge in [-0.1, -0.05) is 18.2 Å². The van der Waals surface area contributed by atoms with Crippen LogP contribution in [0.4, 0.5) is 10.1 Å². The minimum Gasteiger partial charge on any atom is -0.508 e. The Morgan fingerprint density at radius 3 is 2.50 bits per heavy atom. The Morgan fingerprint density at radius 1 is 1.15 bits per heavy atom. The molecular weight excluding hydrogens is 253 g/mol. The molecule has 0 saturated carbocycles. The van der Waals surface area contributed by atoms with Crippen LogP contribution in [-0.4, -0.2) is 11.1 Å². The van der Waals surface area contributed by atoms with E-state index in [1.54, 1.807) is 18.2 Å². The van der Waals surface area contributed by atoms with Crippen molar-refractivity contribution in [2.75, 3.05) is 5.32 Å². The van der Waals surface area contributed by atoms with Crippen LogP contribution in [0.1, 0.15) is 24.5 Å². The lowest BCUT2D eigenvalue weighted by Gasteiger charge is -2.16. The average molecular weight is 273 g/mol. The largest absolute Gasteiger partial charge is 0.508 e. The van der Waals surface area contributed by atoms with Gasteiger partial charge < -0.3 is 10.4 Å². The third kappa shape index (κ3) is 3.98. The van der Waals surface area contributed by atoms with Crippen molar-refractivity contribution in [1.82, 2.24) is 0 Å². The Morgan fingerprint density at radius 2 is 1.85 bits per heavy atom. The summed E-state index contributed by atoms with van der Waals surface area (Å²) >= 11 is 0. The van der Waals surface area contributed by atoms with Crippen LogP contribution in [0.25, 0.3) is 0 Å². The van der Waals surface area contributed by atoms with Crippen LogP contribution in [0.5, 0.6) is 5.75 Å². The Bertz CT molecular complexity index is 566. The Balaban J connectivity index is 1.89. The molecule has 0 spiro atoms. The summed E-state index contributed by atoms with van der Waals surface area (Å²) in [6, 6.07) is 12.6. The SMILES string of the molecule is Cc1ccc(NC(C)CCc2ccc(O)cc2)c(F)c1. The van der Waals surface area contributed by atoms with Crippen molar-refractivity contribution in [2.45, 2.75) is 32.7 Å². The van der Waals surface area contributed by atoms with Crippen molar-refractivity contribution in [1.29, 1.82) is 0 Å². The van der Waals surface area contributed by atoms with Crippen molar-refractivity contribution in [3.63, 3.8) is 0 Å². The van der Waals surface area contributed by atoms with E-state index in [1.807, 2.05) is 32.0 Å². The number of anilines is 1. The zero-order valence-electron chi connectivity index (χ0n) is 11.9. The van der Waals surface area contributed by atoms with Crippen LogP contribution in [-0.2, 0) is 6.42 Å². The number of aromatic hydroxyl groups is 1. The molecule has 0 radical (unpaired) electrons. The molecule has 2 aromatic carbocycles. The molecule has 20 heavy (non-hydrogen) atoms. The smallest absolute Gasteiger partial charge is 0.146 e. The van der Waals surface area contributed by atoms with Crippen LogP contribution in [0, 0.1) is 12.7 Å². The molecule has 0 bridgehead atoms. The van der Waals surface area contributed by atoms with Gasteiger partial charge in [-0.15, -0.1) is 0 Å². The summed E-state index contributed by atoms with van der Waals surface area (Å²) in [7, 11) is 0. The number of halogens is 1. The highest BCUT2D eigenvalue weighted by atomic mass is 19.1. The normalized spacial score (nSPS) is 12.2. The van der Waals surface area contributed by atoms with Crippen molar-refractivity contribution < 1.29 is 9.50 Å². The van der Waals surface area contributed by atoms with Gasteiger partial charge in [0.2, 0.25) is 0 Å². The highest BCUT2D eigenvalue weighted by molar-refractivity contribution is 5.46. The predicted octanol–water partition coefficient (Wildman–Crippen LogP) is 4.27. The number of nitrogens with one attached hydrogen (secondary N) is 1. The molecule has 2 aromatic rings. The Kier molecular flexibility index (Phi) is 4.61. The van der Waals surface area contributed by atoms with E-state index in [-0.39, 0.29) is 17.6 Å². The number of phenolic OH excluding ortho intramolecular Hbond substituents is 1. The molecule has 106 valence electrons. The van der Waals surface area contributed by atoms with Gasteiger partial charge in [-0.05, 0) is 62.1 Å². The standard InChI is InChI=1S/C17H20FNO/c1-12-3-10-17(16(18)11-12)19-13(2)4-5-14-6-8-15(20)9-7-14/h3,6-11,13,19-20H,4-5H2,1-2H3. The summed E-state index contributed by atoms with van der Waals surface area (Å²) in [5, 5.41) is 12.4. The van der Waals surface area contributed by atoms with Gasteiger partial charge in [-0.25, -0.2) is 4.39 Å². The van der Waals surface area contributed by atoms with E-state index in [2.05, 4.69) is 5.32 Å². The highest BCUT2D eigenvalue weighted by Crippen LogP contribution is 2.18. The van der Waals surface area contributed by atoms with Crippen molar-refractivity contribution in [3.05, 3.63) is 59.4 Å². The van der Waals surface area contributed by atoms with Gasteiger partial charge in [0.15, 0.2) is 0 Å². The molecule has 0 aliphatic rings. The number of hydrogen-bond acceptors (Lipinski definition) is 2. The zero-order valence-corrected chi connectivity index (χ0v) is 11.9. The maximum absolute atomic E-state index is 13.7. The van der Waals surface area contributed by atoms with Gasteiger partial charge in [0, 0.05) is 6.04 Å². The molecule has 0 fully saturated rings. The first-order valence-electron chi connectivity index (χ1n) is 6.85. The van der Waals surface area contributed by atoms with E-state index in [0.717, 1.165) is 18.4 Å². The number of hydrogen-bond donors (Lipinski definition) is 2. The molecule has 1 atom stereocenters. The van der Waals surface area contributed by atoms with Crippen molar-refractivity contribution >= 4 is 5.69 Å². The van der Waals surface area contributed by atoms with E-state index in [1.165, 1.54) is 11.6 Å². The summed E-state index contributed by atoms with van der Waals surface area (Å²) in [5.41, 5.74) is 2.64. The molecule has 3 heteroatoms. The molecule has 0 aliphatic heterocycles. The fourth-order valence-corrected chi connectivity index (χ4v) is 2.12. The summed E-state index contributed by atoms with van der Waals surface area (Å²) < 4.78 is 13.7. The number of rotatable bonds is 5. The number of phenols is 1. The zero-order chi connectivity index (χ0) is 14.5. The third-order valence-electron chi connectivity index (χ3n) is 3.33. The fraction of sp³-hybridized carbons (Fsp3) is 0.294. The lowest BCUT2D eigenvalue weighted by molar-refractivity contribution is 0.475. The van der Waals surface area contributed by atoms with Gasteiger partial charge in [0.1, 0.15) is 11.6 Å². The number of aryl methyl sites for hydroxylation is 2. The summed E-state index contributed by atoms with van der Waals surface area (Å²) in [4.78, 5) is 0. The highest BCUT2D eigenvalue weighted by Gasteiger charge is 2.07. The van der Waals surface area contributed by atoms with Crippen molar-refractivity contribution in [3.8, 4) is 5.75 Å². The topological polar surface area (TPSA) is 32.3 Å². The first-order chi connectivity index (χ1) is 9.54. The Labute approximate surface area is 119 Å². The van der Waals surface area contributed by atoms with E-state index in [9.17, 15) is 9.50 Å². The third-order valence-corrected chi connectivity index (χ3v) is 3.33. The maximum atomic E-state index is 13.7. The summed E-state index contributed by atoms with van der Waals surface area (Å²) in [5.74, 6) is 0.0723. The maximum Gasteiger partial charge on any atom is 0.146 e. The monoisotopic (exact) mass is 273 g/mol. The van der Waals surface area contributed by atoms with Crippen LogP contribution >= 0.6 is 0 Å². The molecule has 2 N–H and O–H groups in total. The first kappa shape index (κ1) is 14.4. The van der Waals surface area contributed by atoms with Gasteiger partial charge in [0.25, 0.3) is 0 Å². The molecule has 2 nitrogen and oxygen atoms in total. The minimum absolute atomic E-state index is 0.181. The second-order valence-electron chi connectivity index (χ2n) is 5.23. The fourth-order valence-electron chi connectivity index (χ4n) is 2.12. The average Bonchev–Trinajstić information content (AvgIpc) is 2.41. The first-order valence-corrected chi connectivity index (χ1v) is 6.85. The van der Waals surface area contributed by atoms with Crippen LogP contribution in [0.15, 0.2) is 42.5 Å². The molecule has 0 aliphatic carbocycles. The molecule has 0 amide bonds. The lowest BCUT2D eigenvalue weighted by atomic mass is 10.1. The van der Waals surface area contributed by atoms with Crippen LogP contribution in [0.2, 0.25) is 0 Å². The molecule has 0 heterocycles. The summed E-state index contributed by atoms with van der Waals surface area (Å²) in [6.07, 6.45) is 1.79. The van der Waals surface area contributed by atoms with Crippen LogP contribution < -0.4 is 5.32 Å². The van der Waals surface area contributed by atoms with Gasteiger partial charge in [0.05, 0.1) is 5.69 Å². The van der Waals surface area contributed by atoms with E-state index >= 15 is 0 Å². The van der Waals surface area contributed by atoms with Gasteiger partial charge >= 0.3 is 0 Å². The van der Waals surface area contributed by atoms with Crippen molar-refractivity contribution in [2.24, 2.45) is 0 Å². The second-order valence-corrected chi connectivity index (χ2v) is 5.23. The van der Waals surface area contributed by atoms with Crippen LogP contribution in [0.3, 0.4) is 0 Å². The molecule has 2 rings (SSSR count). The minimum atomic E-state index is -0.207. The Hall–Kier alpha value is -2.03. The predicted molar refractivity (Wildman–Crippen MR) is 80.6 cm³/mol. The van der Waals surface area contributed by atoms with E-state index in [4.69, 9.17) is 0 Å². The van der Waals surface area contributed by atoms with E-state index in [0.29, 0.717) is 5.69 Å². The molecule has 0 saturated heterocycles. The molecular formula is C17H20FNO. The van der Waals surface area contributed by atoms with Gasteiger partial charge in [-0.2, -0.15) is 0 Å².